The number of para-hydroxylation sites is 2. The molecule has 0 aliphatic heterocycles. The smallest absolute Gasteiger partial charge is 0.0541 e. The van der Waals surface area contributed by atoms with Crippen molar-refractivity contribution in [2.24, 2.45) is 0 Å². The fourth-order valence-corrected chi connectivity index (χ4v) is 12.0. The van der Waals surface area contributed by atoms with Crippen molar-refractivity contribution in [2.45, 2.75) is 19.3 Å². The van der Waals surface area contributed by atoms with Crippen LogP contribution in [0.2, 0.25) is 0 Å². The maximum absolute atomic E-state index is 2.46. The van der Waals surface area contributed by atoms with E-state index in [1.54, 1.807) is 0 Å². The Morgan fingerprint density at radius 1 is 0.280 bits per heavy atom. The van der Waals surface area contributed by atoms with E-state index < -0.39 is 0 Å². The summed E-state index contributed by atoms with van der Waals surface area (Å²) in [6.45, 7) is 4.70. The van der Waals surface area contributed by atoms with E-state index in [0.717, 1.165) is 22.7 Å². The molecule has 0 radical (unpaired) electrons. The maximum atomic E-state index is 2.46. The van der Waals surface area contributed by atoms with Crippen LogP contribution in [-0.4, -0.2) is 4.57 Å². The fraction of sp³-hybridized carbons (Fsp3) is 0.0411. The van der Waals surface area contributed by atoms with Gasteiger partial charge < -0.3 is 9.47 Å². The van der Waals surface area contributed by atoms with Crippen LogP contribution >= 0.6 is 0 Å². The Morgan fingerprint density at radius 3 is 1.57 bits per heavy atom. The number of hydrogen-bond acceptors (Lipinski definition) is 1. The second-order valence-electron chi connectivity index (χ2n) is 20.5. The largest absolute Gasteiger partial charge is 0.310 e. The molecule has 1 aliphatic carbocycles. The molecule has 14 rings (SSSR count). The summed E-state index contributed by atoms with van der Waals surface area (Å²) < 4.78 is 2.46. The molecule has 1 aliphatic rings. The molecule has 0 amide bonds. The highest BCUT2D eigenvalue weighted by molar-refractivity contribution is 6.11. The van der Waals surface area contributed by atoms with Gasteiger partial charge in [0.1, 0.15) is 0 Å². The van der Waals surface area contributed by atoms with E-state index in [1.165, 1.54) is 110 Å². The second-order valence-corrected chi connectivity index (χ2v) is 20.5. The topological polar surface area (TPSA) is 8.17 Å². The minimum absolute atomic E-state index is 0.0978. The molecule has 354 valence electrons. The molecule has 1 aromatic heterocycles. The van der Waals surface area contributed by atoms with Crippen LogP contribution < -0.4 is 4.90 Å². The van der Waals surface area contributed by atoms with Crippen molar-refractivity contribution in [2.75, 3.05) is 4.90 Å². The normalized spacial score (nSPS) is 12.5. The van der Waals surface area contributed by atoms with Gasteiger partial charge in [0.15, 0.2) is 0 Å². The zero-order valence-electron chi connectivity index (χ0n) is 42.0. The van der Waals surface area contributed by atoms with Crippen LogP contribution in [0, 0.1) is 0 Å². The highest BCUT2D eigenvalue weighted by Crippen LogP contribution is 2.51. The fourth-order valence-electron chi connectivity index (χ4n) is 12.0. The Hall–Kier alpha value is -9.50. The molecule has 0 N–H and O–H groups in total. The first-order chi connectivity index (χ1) is 36.9. The van der Waals surface area contributed by atoms with Gasteiger partial charge >= 0.3 is 0 Å². The molecule has 2 nitrogen and oxygen atoms in total. The summed E-state index contributed by atoms with van der Waals surface area (Å²) in [6.07, 6.45) is 0. The van der Waals surface area contributed by atoms with Gasteiger partial charge in [-0.05, 0) is 168 Å². The number of fused-ring (bicyclic) bond motifs is 7. The summed E-state index contributed by atoms with van der Waals surface area (Å²) in [5, 5.41) is 4.91. The van der Waals surface area contributed by atoms with Crippen molar-refractivity contribution in [3.63, 3.8) is 0 Å². The van der Waals surface area contributed by atoms with Gasteiger partial charge in [0.05, 0.1) is 11.0 Å². The molecule has 75 heavy (non-hydrogen) atoms. The quantitative estimate of drug-likeness (QED) is 0.140. The van der Waals surface area contributed by atoms with Gasteiger partial charge in [-0.15, -0.1) is 0 Å². The Labute approximate surface area is 438 Å². The van der Waals surface area contributed by atoms with Crippen LogP contribution in [0.3, 0.4) is 0 Å². The Balaban J connectivity index is 0.856. The van der Waals surface area contributed by atoms with E-state index in [1.807, 2.05) is 0 Å². The summed E-state index contributed by atoms with van der Waals surface area (Å²) in [6, 6.07) is 103. The van der Waals surface area contributed by atoms with Crippen molar-refractivity contribution < 1.29 is 0 Å². The summed E-state index contributed by atoms with van der Waals surface area (Å²) in [7, 11) is 0. The lowest BCUT2D eigenvalue weighted by Gasteiger charge is -2.28. The van der Waals surface area contributed by atoms with E-state index in [-0.39, 0.29) is 5.41 Å². The van der Waals surface area contributed by atoms with Gasteiger partial charge in [0.25, 0.3) is 0 Å². The first-order valence-electron chi connectivity index (χ1n) is 26.1. The summed E-state index contributed by atoms with van der Waals surface area (Å²) >= 11 is 0. The zero-order valence-corrected chi connectivity index (χ0v) is 42.0. The van der Waals surface area contributed by atoms with Crippen LogP contribution in [0.15, 0.2) is 279 Å². The van der Waals surface area contributed by atoms with E-state index >= 15 is 0 Å². The van der Waals surface area contributed by atoms with Crippen molar-refractivity contribution in [1.82, 2.24) is 4.57 Å². The molecule has 0 fully saturated rings. The summed E-state index contributed by atoms with van der Waals surface area (Å²) in [4.78, 5) is 2.39. The molecule has 0 bridgehead atoms. The molecule has 0 saturated carbocycles. The van der Waals surface area contributed by atoms with E-state index in [0.29, 0.717) is 0 Å². The van der Waals surface area contributed by atoms with E-state index in [2.05, 4.69) is 302 Å². The Kier molecular flexibility index (Phi) is 10.6. The molecule has 0 saturated heterocycles. The third-order valence-electron chi connectivity index (χ3n) is 15.8. The van der Waals surface area contributed by atoms with Crippen molar-refractivity contribution in [3.8, 4) is 72.4 Å². The highest BCUT2D eigenvalue weighted by atomic mass is 15.1. The third kappa shape index (κ3) is 7.65. The van der Waals surface area contributed by atoms with Gasteiger partial charge in [-0.2, -0.15) is 0 Å². The number of aromatic nitrogens is 1. The van der Waals surface area contributed by atoms with Crippen LogP contribution in [0.5, 0.6) is 0 Å². The molecular formula is C73H52N2. The first kappa shape index (κ1) is 44.2. The number of anilines is 3. The first-order valence-corrected chi connectivity index (χ1v) is 26.1. The SMILES string of the molecule is CC1(C)c2ccccc2-c2ccc(N(c3ccccc3)c3ccc(-c4ccccc4-c4ccc5c(c4)c4ccccc4n5-c4cc(-c5ccc(-c6ccccc6)cc5)cc(-c5ccc6ccccc6c5)c4)cc3)cc21. The molecule has 0 atom stereocenters. The summed E-state index contributed by atoms with van der Waals surface area (Å²) in [5.41, 5.74) is 24.0. The highest BCUT2D eigenvalue weighted by Gasteiger charge is 2.35. The zero-order chi connectivity index (χ0) is 50.0. The number of rotatable bonds is 9. The predicted octanol–water partition coefficient (Wildman–Crippen LogP) is 20.0. The molecule has 1 heterocycles. The van der Waals surface area contributed by atoms with Gasteiger partial charge in [0, 0.05) is 38.9 Å². The molecule has 13 aromatic rings. The van der Waals surface area contributed by atoms with Crippen molar-refractivity contribution in [3.05, 3.63) is 290 Å². The lowest BCUT2D eigenvalue weighted by molar-refractivity contribution is 0.660. The van der Waals surface area contributed by atoms with Crippen LogP contribution in [0.25, 0.3) is 105 Å². The van der Waals surface area contributed by atoms with E-state index in [9.17, 15) is 0 Å². The Bertz CT molecular complexity index is 4300. The van der Waals surface area contributed by atoms with Gasteiger partial charge in [-0.25, -0.2) is 0 Å². The second kappa shape index (κ2) is 17.9. The van der Waals surface area contributed by atoms with Crippen LogP contribution in [0.1, 0.15) is 25.0 Å². The lowest BCUT2D eigenvalue weighted by Crippen LogP contribution is -2.16. The number of benzene rings is 12. The van der Waals surface area contributed by atoms with Gasteiger partial charge in [-0.3, -0.25) is 0 Å². The third-order valence-corrected chi connectivity index (χ3v) is 15.8. The lowest BCUT2D eigenvalue weighted by atomic mass is 9.82. The molecule has 2 heteroatoms. The minimum atomic E-state index is -0.0978. The minimum Gasteiger partial charge on any atom is -0.310 e. The van der Waals surface area contributed by atoms with Gasteiger partial charge in [0.2, 0.25) is 0 Å². The molecule has 0 spiro atoms. The van der Waals surface area contributed by atoms with Crippen molar-refractivity contribution in [1.29, 1.82) is 0 Å². The van der Waals surface area contributed by atoms with Gasteiger partial charge in [-0.1, -0.05) is 214 Å². The van der Waals surface area contributed by atoms with Crippen LogP contribution in [-0.2, 0) is 5.41 Å². The van der Waals surface area contributed by atoms with Crippen LogP contribution in [0.4, 0.5) is 17.1 Å². The maximum Gasteiger partial charge on any atom is 0.0541 e. The monoisotopic (exact) mass is 956 g/mol. The standard InChI is InChI=1S/C73H52N2/c1-73(2)69-27-15-13-25-65(69)66-41-40-61(48-70(66)73)74(59-21-7-4-8-22-59)60-38-35-53(36-39-60)63-23-11-12-24-64(63)56-37-42-72-68(47-56)67-26-14-16-28-71(67)75(72)62-45-57(52-31-29-51(30-32-52)49-17-5-3-6-18-49)44-58(46-62)55-34-33-50-19-9-10-20-54(50)43-55/h3-48H,1-2H3. The number of hydrogen-bond donors (Lipinski definition) is 0. The molecule has 0 unspecified atom stereocenters. The Morgan fingerprint density at radius 2 is 0.800 bits per heavy atom. The molecule has 12 aromatic carbocycles. The summed E-state index contributed by atoms with van der Waals surface area (Å²) in [5.74, 6) is 0. The predicted molar refractivity (Wildman–Crippen MR) is 318 cm³/mol. The van der Waals surface area contributed by atoms with Crippen molar-refractivity contribution >= 4 is 49.6 Å². The number of nitrogens with zero attached hydrogens (tertiary/aromatic N) is 2. The average molecular weight is 957 g/mol. The van der Waals surface area contributed by atoms with E-state index in [4.69, 9.17) is 0 Å². The molecular weight excluding hydrogens is 905 g/mol. The average Bonchev–Trinajstić information content (AvgIpc) is 3.98.